The summed E-state index contributed by atoms with van der Waals surface area (Å²) in [5.74, 6) is 0.971. The second-order valence-corrected chi connectivity index (χ2v) is 5.14. The molecule has 120 valence electrons. The highest BCUT2D eigenvalue weighted by atomic mass is 35.5. The van der Waals surface area contributed by atoms with Crippen LogP contribution in [0.4, 0.5) is 0 Å². The molecule has 0 aliphatic rings. The number of rotatable bonds is 6. The maximum Gasteiger partial charge on any atom is 0.277 e. The molecule has 2 rings (SSSR count). The lowest BCUT2D eigenvalue weighted by Gasteiger charge is -2.06. The van der Waals surface area contributed by atoms with Crippen molar-refractivity contribution in [1.82, 2.24) is 5.43 Å². The Kier molecular flexibility index (Phi) is 6.00. The van der Waals surface area contributed by atoms with E-state index in [2.05, 4.69) is 10.5 Å². The molecule has 1 N–H and O–H groups in total. The third kappa shape index (κ3) is 5.30. The highest BCUT2D eigenvalue weighted by molar-refractivity contribution is 6.30. The molecule has 2 aromatic rings. The smallest absolute Gasteiger partial charge is 0.277 e. The quantitative estimate of drug-likeness (QED) is 0.652. The van der Waals surface area contributed by atoms with Crippen LogP contribution in [0.3, 0.4) is 0 Å². The summed E-state index contributed by atoms with van der Waals surface area (Å²) in [6, 6.07) is 14.2. The van der Waals surface area contributed by atoms with Crippen molar-refractivity contribution in [2.45, 2.75) is 6.92 Å². The van der Waals surface area contributed by atoms with Crippen molar-refractivity contribution in [1.29, 1.82) is 0 Å². The summed E-state index contributed by atoms with van der Waals surface area (Å²) in [5, 5.41) is 4.69. The minimum absolute atomic E-state index is 0.121. The van der Waals surface area contributed by atoms with Gasteiger partial charge in [-0.2, -0.15) is 5.10 Å². The molecule has 0 spiro atoms. The van der Waals surface area contributed by atoms with E-state index in [1.54, 1.807) is 50.4 Å². The van der Waals surface area contributed by atoms with Crippen molar-refractivity contribution in [3.05, 3.63) is 59.1 Å². The van der Waals surface area contributed by atoms with Crippen LogP contribution in [0.1, 0.15) is 12.5 Å². The van der Waals surface area contributed by atoms with Gasteiger partial charge >= 0.3 is 0 Å². The number of carbonyl (C=O) groups is 1. The Morgan fingerprint density at radius 1 is 1.09 bits per heavy atom. The number of hydrazone groups is 1. The second kappa shape index (κ2) is 8.19. The molecule has 0 aromatic heterocycles. The Morgan fingerprint density at radius 3 is 2.30 bits per heavy atom. The van der Waals surface area contributed by atoms with Crippen LogP contribution in [0.15, 0.2) is 53.6 Å². The zero-order valence-corrected chi connectivity index (χ0v) is 13.6. The van der Waals surface area contributed by atoms with E-state index in [4.69, 9.17) is 21.1 Å². The number of carbonyl (C=O) groups excluding carboxylic acids is 1. The van der Waals surface area contributed by atoms with E-state index < -0.39 is 0 Å². The van der Waals surface area contributed by atoms with Gasteiger partial charge in [0.1, 0.15) is 11.5 Å². The van der Waals surface area contributed by atoms with Crippen LogP contribution in [0.5, 0.6) is 11.5 Å². The van der Waals surface area contributed by atoms with Crippen molar-refractivity contribution in [3.8, 4) is 11.5 Å². The van der Waals surface area contributed by atoms with Crippen molar-refractivity contribution in [2.24, 2.45) is 5.10 Å². The lowest BCUT2D eigenvalue weighted by Crippen LogP contribution is -2.25. The standard InChI is InChI=1S/C17H17ClN2O3/c1-12(13-3-5-14(18)6-4-13)19-20-17(21)11-23-16-9-7-15(22-2)8-10-16/h3-10H,11H2,1-2H3,(H,20,21). The molecule has 0 saturated heterocycles. The molecule has 0 saturated carbocycles. The normalized spacial score (nSPS) is 11.0. The topological polar surface area (TPSA) is 59.9 Å². The molecular weight excluding hydrogens is 316 g/mol. The van der Waals surface area contributed by atoms with Gasteiger partial charge in [0.05, 0.1) is 12.8 Å². The first-order valence-electron chi connectivity index (χ1n) is 6.94. The maximum absolute atomic E-state index is 11.7. The molecular formula is C17H17ClN2O3. The average Bonchev–Trinajstić information content (AvgIpc) is 2.59. The van der Waals surface area contributed by atoms with Gasteiger partial charge in [0.15, 0.2) is 6.61 Å². The minimum Gasteiger partial charge on any atom is -0.497 e. The zero-order valence-electron chi connectivity index (χ0n) is 12.9. The van der Waals surface area contributed by atoms with E-state index in [9.17, 15) is 4.79 Å². The summed E-state index contributed by atoms with van der Waals surface area (Å²) in [4.78, 5) is 11.7. The minimum atomic E-state index is -0.339. The largest absolute Gasteiger partial charge is 0.497 e. The number of amides is 1. The molecule has 0 fully saturated rings. The third-order valence-electron chi connectivity index (χ3n) is 3.04. The fourth-order valence-corrected chi connectivity index (χ4v) is 1.88. The molecule has 0 radical (unpaired) electrons. The van der Waals surface area contributed by atoms with E-state index in [0.29, 0.717) is 16.5 Å². The number of ether oxygens (including phenoxy) is 2. The molecule has 2 aromatic carbocycles. The average molecular weight is 333 g/mol. The summed E-state index contributed by atoms with van der Waals surface area (Å²) in [7, 11) is 1.59. The number of benzene rings is 2. The van der Waals surface area contributed by atoms with Crippen molar-refractivity contribution >= 4 is 23.2 Å². The molecule has 0 bridgehead atoms. The summed E-state index contributed by atoms with van der Waals surface area (Å²) in [5.41, 5.74) is 4.02. The van der Waals surface area contributed by atoms with Gasteiger partial charge in [-0.1, -0.05) is 23.7 Å². The number of hydrogen-bond donors (Lipinski definition) is 1. The number of halogens is 1. The van der Waals surface area contributed by atoms with Gasteiger partial charge in [-0.3, -0.25) is 4.79 Å². The third-order valence-corrected chi connectivity index (χ3v) is 3.29. The number of hydrogen-bond acceptors (Lipinski definition) is 4. The van der Waals surface area contributed by atoms with Gasteiger partial charge < -0.3 is 9.47 Å². The predicted octanol–water partition coefficient (Wildman–Crippen LogP) is 3.27. The highest BCUT2D eigenvalue weighted by Crippen LogP contribution is 2.16. The van der Waals surface area contributed by atoms with Crippen LogP contribution in [-0.2, 0) is 4.79 Å². The first-order chi connectivity index (χ1) is 11.1. The summed E-state index contributed by atoms with van der Waals surface area (Å²) in [6.45, 7) is 1.68. The van der Waals surface area contributed by atoms with Crippen molar-refractivity contribution in [2.75, 3.05) is 13.7 Å². The molecule has 23 heavy (non-hydrogen) atoms. The first kappa shape index (κ1) is 16.8. The van der Waals surface area contributed by atoms with Crippen LogP contribution in [-0.4, -0.2) is 25.3 Å². The van der Waals surface area contributed by atoms with E-state index in [1.807, 2.05) is 12.1 Å². The lowest BCUT2D eigenvalue weighted by atomic mass is 10.1. The van der Waals surface area contributed by atoms with E-state index in [1.165, 1.54) is 0 Å². The lowest BCUT2D eigenvalue weighted by molar-refractivity contribution is -0.123. The summed E-state index contributed by atoms with van der Waals surface area (Å²) in [6.07, 6.45) is 0. The Labute approximate surface area is 139 Å². The molecule has 0 atom stereocenters. The molecule has 0 aliphatic carbocycles. The Hall–Kier alpha value is -2.53. The zero-order chi connectivity index (χ0) is 16.7. The first-order valence-corrected chi connectivity index (χ1v) is 7.32. The van der Waals surface area contributed by atoms with E-state index in [0.717, 1.165) is 11.3 Å². The van der Waals surface area contributed by atoms with E-state index >= 15 is 0 Å². The van der Waals surface area contributed by atoms with Crippen molar-refractivity contribution in [3.63, 3.8) is 0 Å². The maximum atomic E-state index is 11.7. The second-order valence-electron chi connectivity index (χ2n) is 4.70. The van der Waals surface area contributed by atoms with Gasteiger partial charge in [0, 0.05) is 5.02 Å². The number of nitrogens with zero attached hydrogens (tertiary/aromatic N) is 1. The molecule has 5 nitrogen and oxygen atoms in total. The van der Waals surface area contributed by atoms with Crippen LogP contribution in [0, 0.1) is 0 Å². The van der Waals surface area contributed by atoms with Gasteiger partial charge in [-0.05, 0) is 48.9 Å². The SMILES string of the molecule is COc1ccc(OCC(=O)NN=C(C)c2ccc(Cl)cc2)cc1. The number of methoxy groups -OCH3 is 1. The predicted molar refractivity (Wildman–Crippen MR) is 90.3 cm³/mol. The Bertz CT molecular complexity index is 682. The van der Waals surface area contributed by atoms with Gasteiger partial charge in [0.25, 0.3) is 5.91 Å². The van der Waals surface area contributed by atoms with E-state index in [-0.39, 0.29) is 12.5 Å². The van der Waals surface area contributed by atoms with Crippen LogP contribution in [0.2, 0.25) is 5.02 Å². The van der Waals surface area contributed by atoms with Crippen LogP contribution < -0.4 is 14.9 Å². The number of nitrogens with one attached hydrogen (secondary N) is 1. The van der Waals surface area contributed by atoms with Crippen LogP contribution in [0.25, 0.3) is 0 Å². The van der Waals surface area contributed by atoms with Gasteiger partial charge in [-0.25, -0.2) is 5.43 Å². The Morgan fingerprint density at radius 2 is 1.70 bits per heavy atom. The Balaban J connectivity index is 1.84. The summed E-state index contributed by atoms with van der Waals surface area (Å²) >= 11 is 5.83. The van der Waals surface area contributed by atoms with Gasteiger partial charge in [-0.15, -0.1) is 0 Å². The van der Waals surface area contributed by atoms with Crippen LogP contribution >= 0.6 is 11.6 Å². The fraction of sp³-hybridized carbons (Fsp3) is 0.176. The van der Waals surface area contributed by atoms with Gasteiger partial charge in [0.2, 0.25) is 0 Å². The summed E-state index contributed by atoms with van der Waals surface area (Å²) < 4.78 is 10.4. The molecule has 0 unspecified atom stereocenters. The monoisotopic (exact) mass is 332 g/mol. The molecule has 6 heteroatoms. The highest BCUT2D eigenvalue weighted by Gasteiger charge is 2.03. The van der Waals surface area contributed by atoms with Crippen molar-refractivity contribution < 1.29 is 14.3 Å². The fourth-order valence-electron chi connectivity index (χ4n) is 1.75. The molecule has 1 amide bonds. The molecule has 0 heterocycles. The molecule has 0 aliphatic heterocycles.